The first-order valence-corrected chi connectivity index (χ1v) is 6.38. The number of alkyl halides is 1. The summed E-state index contributed by atoms with van der Waals surface area (Å²) in [6, 6.07) is 9.51. The lowest BCUT2D eigenvalue weighted by Gasteiger charge is -2.32. The van der Waals surface area contributed by atoms with Gasteiger partial charge in [0.25, 0.3) is 0 Å². The zero-order valence-electron chi connectivity index (χ0n) is 9.96. The molecule has 1 aromatic rings. The highest BCUT2D eigenvalue weighted by molar-refractivity contribution is 6.21. The highest BCUT2D eigenvalue weighted by Gasteiger charge is 2.29. The molecule has 1 saturated heterocycles. The Morgan fingerprint density at radius 3 is 2.83 bits per heavy atom. The van der Waals surface area contributed by atoms with Gasteiger partial charge in [-0.2, -0.15) is 0 Å². The second kappa shape index (κ2) is 6.07. The van der Waals surface area contributed by atoms with Gasteiger partial charge in [-0.1, -0.05) is 30.3 Å². The molecule has 1 fully saturated rings. The molecule has 1 N–H and O–H groups in total. The van der Waals surface area contributed by atoms with Crippen LogP contribution >= 0.6 is 11.6 Å². The molecule has 5 heteroatoms. The van der Waals surface area contributed by atoms with Gasteiger partial charge in [0.2, 0.25) is 0 Å². The van der Waals surface area contributed by atoms with Crippen molar-refractivity contribution in [3.63, 3.8) is 0 Å². The van der Waals surface area contributed by atoms with Gasteiger partial charge in [0, 0.05) is 13.1 Å². The number of likely N-dealkylation sites (tertiary alicyclic amines) is 1. The van der Waals surface area contributed by atoms with Crippen LogP contribution in [0, 0.1) is 0 Å². The summed E-state index contributed by atoms with van der Waals surface area (Å²) in [5, 5.41) is 9.06. The summed E-state index contributed by atoms with van der Waals surface area (Å²) in [5.74, 6) is 0. The fourth-order valence-electron chi connectivity index (χ4n) is 1.87. The van der Waals surface area contributed by atoms with Gasteiger partial charge in [-0.05, 0) is 12.0 Å². The van der Waals surface area contributed by atoms with Crippen molar-refractivity contribution >= 4 is 17.7 Å². The zero-order valence-corrected chi connectivity index (χ0v) is 10.7. The van der Waals surface area contributed by atoms with Gasteiger partial charge in [-0.3, -0.25) is 0 Å². The maximum Gasteiger partial charge on any atom is 0.410 e. The maximum atomic E-state index is 11.8. The van der Waals surface area contributed by atoms with Gasteiger partial charge < -0.3 is 14.7 Å². The van der Waals surface area contributed by atoms with E-state index in [4.69, 9.17) is 16.3 Å². The van der Waals surface area contributed by atoms with Gasteiger partial charge in [0.1, 0.15) is 6.61 Å². The molecule has 98 valence electrons. The van der Waals surface area contributed by atoms with E-state index in [1.165, 1.54) is 4.90 Å². The van der Waals surface area contributed by atoms with Gasteiger partial charge in [0.05, 0.1) is 11.5 Å². The number of amides is 1. The topological polar surface area (TPSA) is 49.8 Å². The van der Waals surface area contributed by atoms with Gasteiger partial charge in [0.15, 0.2) is 0 Å². The number of carbonyl (C=O) groups is 1. The van der Waals surface area contributed by atoms with Crippen molar-refractivity contribution in [2.24, 2.45) is 0 Å². The van der Waals surface area contributed by atoms with Crippen LogP contribution in [0.25, 0.3) is 0 Å². The fourth-order valence-corrected chi connectivity index (χ4v) is 2.16. The van der Waals surface area contributed by atoms with Gasteiger partial charge >= 0.3 is 6.09 Å². The minimum Gasteiger partial charge on any atom is -0.445 e. The van der Waals surface area contributed by atoms with E-state index in [1.807, 2.05) is 30.3 Å². The normalized spacial score (nSPS) is 23.8. The van der Waals surface area contributed by atoms with E-state index in [0.717, 1.165) is 5.56 Å². The zero-order chi connectivity index (χ0) is 13.0. The second-order valence-corrected chi connectivity index (χ2v) is 4.92. The van der Waals surface area contributed by atoms with Crippen LogP contribution in [0.5, 0.6) is 0 Å². The van der Waals surface area contributed by atoms with Gasteiger partial charge in [-0.15, -0.1) is 11.6 Å². The first-order chi connectivity index (χ1) is 8.66. The number of nitrogens with zero attached hydrogens (tertiary/aromatic N) is 1. The molecule has 2 atom stereocenters. The molecule has 0 spiro atoms. The molecule has 0 saturated carbocycles. The largest absolute Gasteiger partial charge is 0.445 e. The first-order valence-electron chi connectivity index (χ1n) is 5.94. The molecule has 4 nitrogen and oxygen atoms in total. The summed E-state index contributed by atoms with van der Waals surface area (Å²) in [6.07, 6.45) is -0.421. The molecule has 1 aromatic carbocycles. The Kier molecular flexibility index (Phi) is 4.44. The molecule has 1 aliphatic rings. The quantitative estimate of drug-likeness (QED) is 0.836. The van der Waals surface area contributed by atoms with Crippen molar-refractivity contribution in [3.8, 4) is 0 Å². The van der Waals surface area contributed by atoms with Crippen molar-refractivity contribution in [2.45, 2.75) is 24.5 Å². The average molecular weight is 270 g/mol. The molecule has 0 radical (unpaired) electrons. The van der Waals surface area contributed by atoms with Crippen LogP contribution in [0.4, 0.5) is 4.79 Å². The summed E-state index contributed by atoms with van der Waals surface area (Å²) >= 11 is 5.92. The predicted octanol–water partition coefficient (Wildman–Crippen LogP) is 2.00. The Morgan fingerprint density at radius 1 is 1.44 bits per heavy atom. The van der Waals surface area contributed by atoms with Crippen LogP contribution in [0.3, 0.4) is 0 Å². The van der Waals surface area contributed by atoms with Crippen molar-refractivity contribution < 1.29 is 14.6 Å². The molecule has 0 aromatic heterocycles. The van der Waals surface area contributed by atoms with Crippen LogP contribution in [-0.2, 0) is 11.3 Å². The lowest BCUT2D eigenvalue weighted by Crippen LogP contribution is -2.46. The minimum atomic E-state index is -0.537. The molecule has 2 rings (SSSR count). The Labute approximate surface area is 111 Å². The Bertz CT molecular complexity index is 398. The van der Waals surface area contributed by atoms with E-state index in [2.05, 4.69) is 0 Å². The number of aliphatic hydroxyl groups is 1. The second-order valence-electron chi connectivity index (χ2n) is 4.36. The monoisotopic (exact) mass is 269 g/mol. The van der Waals surface area contributed by atoms with E-state index >= 15 is 0 Å². The Hall–Kier alpha value is -1.26. The first kappa shape index (κ1) is 13.2. The van der Waals surface area contributed by atoms with Crippen LogP contribution in [0.2, 0.25) is 0 Å². The molecular weight excluding hydrogens is 254 g/mol. The summed E-state index contributed by atoms with van der Waals surface area (Å²) in [4.78, 5) is 13.3. The van der Waals surface area contributed by atoms with Crippen molar-refractivity contribution in [1.29, 1.82) is 0 Å². The van der Waals surface area contributed by atoms with Crippen LogP contribution in [-0.4, -0.2) is 40.7 Å². The Morgan fingerprint density at radius 2 is 2.17 bits per heavy atom. The smallest absolute Gasteiger partial charge is 0.410 e. The van der Waals surface area contributed by atoms with Crippen molar-refractivity contribution in [3.05, 3.63) is 35.9 Å². The van der Waals surface area contributed by atoms with Crippen molar-refractivity contribution in [2.75, 3.05) is 13.1 Å². The summed E-state index contributed by atoms with van der Waals surface area (Å²) < 4.78 is 5.20. The van der Waals surface area contributed by atoms with E-state index in [1.54, 1.807) is 0 Å². The standard InChI is InChI=1S/C13H16ClNO3/c14-11-8-15(7-6-12(11)16)13(17)18-9-10-4-2-1-3-5-10/h1-5,11-12,16H,6-9H2/t11-,12-/m0/s1. The van der Waals surface area contributed by atoms with E-state index in [-0.39, 0.29) is 12.7 Å². The third-order valence-electron chi connectivity index (χ3n) is 2.97. The number of hydrogen-bond donors (Lipinski definition) is 1. The van der Waals surface area contributed by atoms with E-state index < -0.39 is 11.5 Å². The van der Waals surface area contributed by atoms with Gasteiger partial charge in [-0.25, -0.2) is 4.79 Å². The van der Waals surface area contributed by atoms with Crippen LogP contribution in [0.1, 0.15) is 12.0 Å². The number of carbonyl (C=O) groups excluding carboxylic acids is 1. The number of halogens is 1. The molecule has 1 heterocycles. The molecule has 0 aliphatic carbocycles. The summed E-state index contributed by atoms with van der Waals surface area (Å²) in [5.41, 5.74) is 0.949. The lowest BCUT2D eigenvalue weighted by atomic mass is 10.1. The number of aliphatic hydroxyl groups excluding tert-OH is 1. The molecule has 0 unspecified atom stereocenters. The summed E-state index contributed by atoms with van der Waals surface area (Å²) in [6.45, 7) is 1.07. The molecule has 1 aliphatic heterocycles. The van der Waals surface area contributed by atoms with E-state index in [9.17, 15) is 9.90 Å². The fraction of sp³-hybridized carbons (Fsp3) is 0.462. The molecular formula is C13H16ClNO3. The number of hydrogen-bond acceptors (Lipinski definition) is 3. The average Bonchev–Trinajstić information content (AvgIpc) is 2.40. The number of rotatable bonds is 2. The van der Waals surface area contributed by atoms with Crippen LogP contribution in [0.15, 0.2) is 30.3 Å². The highest BCUT2D eigenvalue weighted by atomic mass is 35.5. The molecule has 18 heavy (non-hydrogen) atoms. The SMILES string of the molecule is O=C(OCc1ccccc1)N1CC[C@H](O)[C@@H](Cl)C1. The Balaban J connectivity index is 1.82. The molecule has 1 amide bonds. The predicted molar refractivity (Wildman–Crippen MR) is 68.5 cm³/mol. The van der Waals surface area contributed by atoms with Crippen LogP contribution < -0.4 is 0 Å². The lowest BCUT2D eigenvalue weighted by molar-refractivity contribution is 0.0583. The number of piperidine rings is 1. The van der Waals surface area contributed by atoms with E-state index in [0.29, 0.717) is 19.5 Å². The number of ether oxygens (including phenoxy) is 1. The molecule has 0 bridgehead atoms. The van der Waals surface area contributed by atoms with Crippen molar-refractivity contribution in [1.82, 2.24) is 4.90 Å². The third kappa shape index (κ3) is 3.37. The highest BCUT2D eigenvalue weighted by Crippen LogP contribution is 2.17. The third-order valence-corrected chi connectivity index (χ3v) is 3.40. The summed E-state index contributed by atoms with van der Waals surface area (Å²) in [7, 11) is 0. The number of benzene rings is 1. The minimum absolute atomic E-state index is 0.256. The maximum absolute atomic E-state index is 11.8.